The molecule has 0 aliphatic heterocycles. The molecule has 2 rings (SSSR count). The quantitative estimate of drug-likeness (QED) is 0.543. The van der Waals surface area contributed by atoms with E-state index < -0.39 is 0 Å². The van der Waals surface area contributed by atoms with Crippen molar-refractivity contribution in [3.05, 3.63) is 48.6 Å². The molecule has 1 heteroatoms. The normalized spacial score (nSPS) is 16.0. The third kappa shape index (κ3) is 5.91. The van der Waals surface area contributed by atoms with Gasteiger partial charge in [0, 0.05) is 17.4 Å². The average Bonchev–Trinajstić information content (AvgIpc) is 2.67. The summed E-state index contributed by atoms with van der Waals surface area (Å²) >= 11 is 0. The smallest absolute Gasteiger partial charge is 0 e. The van der Waals surface area contributed by atoms with Crippen LogP contribution in [0.4, 0.5) is 0 Å². The van der Waals surface area contributed by atoms with E-state index in [4.69, 9.17) is 0 Å². The molecule has 2 aliphatic rings. The third-order valence-corrected chi connectivity index (χ3v) is 1.31. The molecule has 2 aliphatic carbocycles. The number of rotatable bonds is 0. The van der Waals surface area contributed by atoms with E-state index >= 15 is 0 Å². The molecular weight excluding hydrogens is 172 g/mol. The van der Waals surface area contributed by atoms with Gasteiger partial charge in [0.1, 0.15) is 0 Å². The Labute approximate surface area is 79.1 Å². The van der Waals surface area contributed by atoms with Crippen LogP contribution in [0.1, 0.15) is 12.8 Å². The van der Waals surface area contributed by atoms with Gasteiger partial charge in [0.25, 0.3) is 0 Å². The van der Waals surface area contributed by atoms with Gasteiger partial charge in [-0.3, -0.25) is 0 Å². The molecule has 0 nitrogen and oxygen atoms in total. The third-order valence-electron chi connectivity index (χ3n) is 1.31. The molecular formula is C10H12Cr. The van der Waals surface area contributed by atoms with Crippen LogP contribution < -0.4 is 0 Å². The number of hydrogen-bond acceptors (Lipinski definition) is 0. The molecule has 0 atom stereocenters. The Morgan fingerprint density at radius 1 is 0.545 bits per heavy atom. The second-order valence-corrected chi connectivity index (χ2v) is 2.18. The summed E-state index contributed by atoms with van der Waals surface area (Å²) in [5.41, 5.74) is 0. The van der Waals surface area contributed by atoms with Gasteiger partial charge in [-0.15, -0.1) is 0 Å². The van der Waals surface area contributed by atoms with Crippen LogP contribution in [-0.2, 0) is 17.4 Å². The minimum Gasteiger partial charge on any atom is -0.0808 e. The van der Waals surface area contributed by atoms with E-state index in [-0.39, 0.29) is 17.4 Å². The van der Waals surface area contributed by atoms with Gasteiger partial charge >= 0.3 is 0 Å². The predicted octanol–water partition coefficient (Wildman–Crippen LogP) is 3.00. The maximum atomic E-state index is 2.12. The Morgan fingerprint density at radius 2 is 0.818 bits per heavy atom. The van der Waals surface area contributed by atoms with Crippen molar-refractivity contribution in [1.82, 2.24) is 0 Å². The molecule has 58 valence electrons. The molecule has 0 aromatic carbocycles. The molecule has 0 amide bonds. The van der Waals surface area contributed by atoms with E-state index in [1.165, 1.54) is 0 Å². The van der Waals surface area contributed by atoms with Gasteiger partial charge in [-0.05, 0) is 12.8 Å². The summed E-state index contributed by atoms with van der Waals surface area (Å²) in [6.07, 6.45) is 19.0. The Bertz CT molecular complexity index is 143. The van der Waals surface area contributed by atoms with Crippen LogP contribution in [0.3, 0.4) is 0 Å². The molecule has 0 bridgehead atoms. The molecule has 11 heavy (non-hydrogen) atoms. The van der Waals surface area contributed by atoms with Crippen molar-refractivity contribution >= 4 is 0 Å². The summed E-state index contributed by atoms with van der Waals surface area (Å²) in [5.74, 6) is 0. The summed E-state index contributed by atoms with van der Waals surface area (Å²) < 4.78 is 0. The van der Waals surface area contributed by atoms with Crippen molar-refractivity contribution in [3.8, 4) is 0 Å². The Hall–Kier alpha value is -0.508. The summed E-state index contributed by atoms with van der Waals surface area (Å²) in [6.45, 7) is 0. The van der Waals surface area contributed by atoms with Gasteiger partial charge in [0.2, 0.25) is 0 Å². The molecule has 0 N–H and O–H groups in total. The minimum atomic E-state index is 0. The zero-order chi connectivity index (χ0) is 7.07. The molecule has 0 unspecified atom stereocenters. The van der Waals surface area contributed by atoms with Crippen LogP contribution in [0, 0.1) is 0 Å². The van der Waals surface area contributed by atoms with E-state index in [2.05, 4.69) is 48.6 Å². The number of hydrogen-bond donors (Lipinski definition) is 0. The first-order chi connectivity index (χ1) is 5.00. The molecule has 0 saturated carbocycles. The summed E-state index contributed by atoms with van der Waals surface area (Å²) in [6, 6.07) is 0. The first-order valence-corrected chi connectivity index (χ1v) is 3.63. The predicted molar refractivity (Wildman–Crippen MR) is 45.8 cm³/mol. The van der Waals surface area contributed by atoms with Crippen LogP contribution in [-0.4, -0.2) is 0 Å². The van der Waals surface area contributed by atoms with Crippen molar-refractivity contribution in [2.24, 2.45) is 0 Å². The molecule has 0 heterocycles. The van der Waals surface area contributed by atoms with Crippen molar-refractivity contribution in [1.29, 1.82) is 0 Å². The largest absolute Gasteiger partial charge is 0.0808 e. The SMILES string of the molecule is C1=CCC=C1.C1=CCC=C1.[Cr]. The standard InChI is InChI=1S/2C5H6.Cr/c2*1-2-4-5-3-1;/h2*1-4H,5H2;. The van der Waals surface area contributed by atoms with E-state index in [1.54, 1.807) is 0 Å². The molecule has 0 aromatic rings. The van der Waals surface area contributed by atoms with E-state index in [0.717, 1.165) is 12.8 Å². The fourth-order valence-electron chi connectivity index (χ4n) is 0.786. The molecule has 0 radical (unpaired) electrons. The van der Waals surface area contributed by atoms with Crippen LogP contribution in [0.5, 0.6) is 0 Å². The van der Waals surface area contributed by atoms with Crippen molar-refractivity contribution in [2.75, 3.05) is 0 Å². The summed E-state index contributed by atoms with van der Waals surface area (Å²) in [7, 11) is 0. The summed E-state index contributed by atoms with van der Waals surface area (Å²) in [5, 5.41) is 0. The van der Waals surface area contributed by atoms with Crippen molar-refractivity contribution in [3.63, 3.8) is 0 Å². The second kappa shape index (κ2) is 7.60. The van der Waals surface area contributed by atoms with Gasteiger partial charge in [0.05, 0.1) is 0 Å². The Balaban J connectivity index is 0.000000167. The van der Waals surface area contributed by atoms with Crippen LogP contribution in [0.2, 0.25) is 0 Å². The number of allylic oxidation sites excluding steroid dienone is 8. The molecule has 0 aromatic heterocycles. The molecule has 0 saturated heterocycles. The Kier molecular flexibility index (Phi) is 7.25. The van der Waals surface area contributed by atoms with Crippen LogP contribution >= 0.6 is 0 Å². The van der Waals surface area contributed by atoms with E-state index in [9.17, 15) is 0 Å². The van der Waals surface area contributed by atoms with E-state index in [0.29, 0.717) is 0 Å². The van der Waals surface area contributed by atoms with Gasteiger partial charge < -0.3 is 0 Å². The first-order valence-electron chi connectivity index (χ1n) is 3.63. The fraction of sp³-hybridized carbons (Fsp3) is 0.200. The topological polar surface area (TPSA) is 0 Å². The average molecular weight is 184 g/mol. The molecule has 0 fully saturated rings. The maximum absolute atomic E-state index is 2.12. The van der Waals surface area contributed by atoms with Gasteiger partial charge in [0.15, 0.2) is 0 Å². The van der Waals surface area contributed by atoms with Crippen LogP contribution in [0.15, 0.2) is 48.6 Å². The Morgan fingerprint density at radius 3 is 0.909 bits per heavy atom. The summed E-state index contributed by atoms with van der Waals surface area (Å²) in [4.78, 5) is 0. The van der Waals surface area contributed by atoms with Gasteiger partial charge in [-0.1, -0.05) is 48.6 Å². The van der Waals surface area contributed by atoms with Gasteiger partial charge in [-0.2, -0.15) is 0 Å². The molecule has 0 spiro atoms. The monoisotopic (exact) mass is 184 g/mol. The second-order valence-electron chi connectivity index (χ2n) is 2.18. The van der Waals surface area contributed by atoms with Gasteiger partial charge in [-0.25, -0.2) is 0 Å². The minimum absolute atomic E-state index is 0. The zero-order valence-corrected chi connectivity index (χ0v) is 7.72. The zero-order valence-electron chi connectivity index (χ0n) is 6.44. The first kappa shape index (κ1) is 10.5. The fourth-order valence-corrected chi connectivity index (χ4v) is 0.786. The van der Waals surface area contributed by atoms with Crippen LogP contribution in [0.25, 0.3) is 0 Å². The van der Waals surface area contributed by atoms with Crippen molar-refractivity contribution < 1.29 is 17.4 Å². The van der Waals surface area contributed by atoms with E-state index in [1.807, 2.05) is 0 Å². The van der Waals surface area contributed by atoms with Crippen molar-refractivity contribution in [2.45, 2.75) is 12.8 Å². The maximum Gasteiger partial charge on any atom is 0 e.